The van der Waals surface area contributed by atoms with E-state index in [0.717, 1.165) is 13.1 Å². The summed E-state index contributed by atoms with van der Waals surface area (Å²) in [6.45, 7) is 10.9. The molecule has 0 aromatic carbocycles. The van der Waals surface area contributed by atoms with Gasteiger partial charge in [-0.3, -0.25) is 14.9 Å². The molecule has 2 aromatic heterocycles. The Balaban J connectivity index is 1.93. The number of piperidine rings is 1. The van der Waals surface area contributed by atoms with Crippen LogP contribution in [0.5, 0.6) is 0 Å². The maximum atomic E-state index is 4.89. The molecule has 0 radical (unpaired) electrons. The molecule has 0 unspecified atom stereocenters. The number of aromatic nitrogens is 2. The van der Waals surface area contributed by atoms with Gasteiger partial charge in [0.15, 0.2) is 0 Å². The first-order chi connectivity index (χ1) is 13.5. The highest BCUT2D eigenvalue weighted by Gasteiger charge is 2.34. The Kier molecular flexibility index (Phi) is 7.19. The Bertz CT molecular complexity index is 727. The lowest BCUT2D eigenvalue weighted by atomic mass is 9.88. The predicted molar refractivity (Wildman–Crippen MR) is 117 cm³/mol. The van der Waals surface area contributed by atoms with Crippen LogP contribution >= 0.6 is 0 Å². The fourth-order valence-corrected chi connectivity index (χ4v) is 4.70. The molecule has 1 fully saturated rings. The van der Waals surface area contributed by atoms with Crippen LogP contribution in [0.3, 0.4) is 0 Å². The van der Waals surface area contributed by atoms with E-state index in [2.05, 4.69) is 50.0 Å². The molecule has 2 atom stereocenters. The largest absolute Gasteiger partial charge is 0.320 e. The molecule has 0 aliphatic carbocycles. The molecule has 1 saturated heterocycles. The molecule has 152 valence electrons. The van der Waals surface area contributed by atoms with Crippen molar-refractivity contribution in [3.63, 3.8) is 0 Å². The molecule has 3 heterocycles. The van der Waals surface area contributed by atoms with Gasteiger partial charge in [0.25, 0.3) is 0 Å². The second kappa shape index (κ2) is 9.62. The molecular weight excluding hydrogens is 344 g/mol. The van der Waals surface area contributed by atoms with Crippen molar-refractivity contribution in [2.45, 2.75) is 71.9 Å². The van der Waals surface area contributed by atoms with E-state index in [-0.39, 0.29) is 0 Å². The van der Waals surface area contributed by atoms with Gasteiger partial charge in [-0.2, -0.15) is 0 Å². The summed E-state index contributed by atoms with van der Waals surface area (Å²) in [5, 5.41) is 3.28. The van der Waals surface area contributed by atoms with Crippen LogP contribution in [0.1, 0.15) is 77.8 Å². The molecule has 1 aliphatic rings. The lowest BCUT2D eigenvalue weighted by Crippen LogP contribution is -2.38. The molecular formula is C24H36N4. The van der Waals surface area contributed by atoms with Crippen LogP contribution in [0, 0.1) is 27.7 Å². The Morgan fingerprint density at radius 2 is 1.43 bits per heavy atom. The average molecular weight is 381 g/mol. The predicted octanol–water partition coefficient (Wildman–Crippen LogP) is 4.98. The fourth-order valence-electron chi connectivity index (χ4n) is 4.70. The Morgan fingerprint density at radius 1 is 0.893 bits per heavy atom. The van der Waals surface area contributed by atoms with Gasteiger partial charge in [0, 0.05) is 12.4 Å². The minimum atomic E-state index is 0.386. The van der Waals surface area contributed by atoms with Gasteiger partial charge in [-0.15, -0.1) is 0 Å². The molecule has 1 aliphatic heterocycles. The Labute approximate surface area is 170 Å². The maximum Gasteiger partial charge on any atom is 0.0604 e. The lowest BCUT2D eigenvalue weighted by molar-refractivity contribution is 0.0743. The highest BCUT2D eigenvalue weighted by atomic mass is 15.2. The zero-order valence-electron chi connectivity index (χ0n) is 18.3. The van der Waals surface area contributed by atoms with E-state index >= 15 is 0 Å². The van der Waals surface area contributed by atoms with E-state index in [1.807, 2.05) is 19.4 Å². The second-order valence-corrected chi connectivity index (χ2v) is 8.44. The van der Waals surface area contributed by atoms with Crippen LogP contribution in [-0.2, 0) is 0 Å². The van der Waals surface area contributed by atoms with Crippen molar-refractivity contribution in [2.24, 2.45) is 0 Å². The van der Waals surface area contributed by atoms with Crippen LogP contribution in [0.25, 0.3) is 0 Å². The fraction of sp³-hybridized carbons (Fsp3) is 0.583. The summed E-state index contributed by atoms with van der Waals surface area (Å²) in [6, 6.07) is 5.33. The van der Waals surface area contributed by atoms with Crippen LogP contribution in [0.15, 0.2) is 24.5 Å². The highest BCUT2D eigenvalue weighted by Crippen LogP contribution is 2.42. The van der Waals surface area contributed by atoms with Crippen molar-refractivity contribution in [3.05, 3.63) is 58.2 Å². The summed E-state index contributed by atoms with van der Waals surface area (Å²) >= 11 is 0. The third kappa shape index (κ3) is 4.79. The van der Waals surface area contributed by atoms with Crippen molar-refractivity contribution < 1.29 is 0 Å². The Hall–Kier alpha value is -1.78. The number of unbranched alkanes of at least 4 members (excludes halogenated alkanes) is 1. The SMILES string of the molecule is CNCCCCN1[C@@H](c2ncc(C)cc2C)CCC[C@H]1c1ncc(C)cc1C. The monoisotopic (exact) mass is 380 g/mol. The van der Waals surface area contributed by atoms with Gasteiger partial charge in [0.05, 0.1) is 23.5 Å². The summed E-state index contributed by atoms with van der Waals surface area (Å²) in [4.78, 5) is 12.5. The zero-order valence-corrected chi connectivity index (χ0v) is 18.3. The van der Waals surface area contributed by atoms with Crippen LogP contribution < -0.4 is 5.32 Å². The van der Waals surface area contributed by atoms with E-state index in [1.54, 1.807) is 0 Å². The number of hydrogen-bond acceptors (Lipinski definition) is 4. The first kappa shape index (κ1) is 20.9. The molecule has 0 bridgehead atoms. The molecule has 0 spiro atoms. The van der Waals surface area contributed by atoms with Crippen molar-refractivity contribution in [2.75, 3.05) is 20.1 Å². The number of likely N-dealkylation sites (tertiary alicyclic amines) is 1. The van der Waals surface area contributed by atoms with Gasteiger partial charge < -0.3 is 5.32 Å². The minimum Gasteiger partial charge on any atom is -0.320 e. The van der Waals surface area contributed by atoms with Crippen molar-refractivity contribution in [1.29, 1.82) is 0 Å². The van der Waals surface area contributed by atoms with Crippen LogP contribution in [-0.4, -0.2) is 35.0 Å². The maximum absolute atomic E-state index is 4.89. The topological polar surface area (TPSA) is 41.0 Å². The van der Waals surface area contributed by atoms with Gasteiger partial charge in [-0.25, -0.2) is 0 Å². The smallest absolute Gasteiger partial charge is 0.0604 e. The van der Waals surface area contributed by atoms with Gasteiger partial charge in [0.1, 0.15) is 0 Å². The molecule has 1 N–H and O–H groups in total. The molecule has 4 heteroatoms. The second-order valence-electron chi connectivity index (χ2n) is 8.44. The number of pyridine rings is 2. The lowest BCUT2D eigenvalue weighted by Gasteiger charge is -2.42. The van der Waals surface area contributed by atoms with Gasteiger partial charge >= 0.3 is 0 Å². The van der Waals surface area contributed by atoms with Gasteiger partial charge in [-0.05, 0) is 102 Å². The van der Waals surface area contributed by atoms with Gasteiger partial charge in [0.2, 0.25) is 0 Å². The third-order valence-corrected chi connectivity index (χ3v) is 5.99. The van der Waals surface area contributed by atoms with E-state index < -0.39 is 0 Å². The third-order valence-electron chi connectivity index (χ3n) is 5.99. The molecule has 3 rings (SSSR count). The summed E-state index contributed by atoms with van der Waals surface area (Å²) in [6.07, 6.45) is 10.1. The zero-order chi connectivity index (χ0) is 20.1. The van der Waals surface area contributed by atoms with Crippen molar-refractivity contribution >= 4 is 0 Å². The first-order valence-electron chi connectivity index (χ1n) is 10.8. The van der Waals surface area contributed by atoms with E-state index in [9.17, 15) is 0 Å². The number of nitrogens with one attached hydrogen (secondary N) is 1. The molecule has 0 amide bonds. The van der Waals surface area contributed by atoms with Crippen molar-refractivity contribution in [3.8, 4) is 0 Å². The van der Waals surface area contributed by atoms with Crippen molar-refractivity contribution in [1.82, 2.24) is 20.2 Å². The minimum absolute atomic E-state index is 0.386. The van der Waals surface area contributed by atoms with Gasteiger partial charge in [-0.1, -0.05) is 12.1 Å². The molecule has 0 saturated carbocycles. The summed E-state index contributed by atoms with van der Waals surface area (Å²) in [5.74, 6) is 0. The standard InChI is InChI=1S/C24H36N4/c1-17-13-19(3)23(26-15-17)21-9-8-10-22(28(21)12-7-6-11-25-5)24-20(4)14-18(2)16-27-24/h13-16,21-22,25H,6-12H2,1-5H3/t21-,22+. The highest BCUT2D eigenvalue weighted by molar-refractivity contribution is 5.29. The number of rotatable bonds is 7. The van der Waals surface area contributed by atoms with E-state index in [1.165, 1.54) is 65.7 Å². The number of aryl methyl sites for hydroxylation is 4. The molecule has 4 nitrogen and oxygen atoms in total. The normalized spacial score (nSPS) is 20.5. The van der Waals surface area contributed by atoms with Crippen LogP contribution in [0.2, 0.25) is 0 Å². The average Bonchev–Trinajstić information content (AvgIpc) is 2.66. The van der Waals surface area contributed by atoms with E-state index in [0.29, 0.717) is 12.1 Å². The summed E-state index contributed by atoms with van der Waals surface area (Å²) in [5.41, 5.74) is 7.64. The number of hydrogen-bond donors (Lipinski definition) is 1. The Morgan fingerprint density at radius 3 is 1.89 bits per heavy atom. The van der Waals surface area contributed by atoms with Crippen LogP contribution in [0.4, 0.5) is 0 Å². The number of nitrogens with zero attached hydrogens (tertiary/aromatic N) is 3. The quantitative estimate of drug-likeness (QED) is 0.688. The first-order valence-corrected chi connectivity index (χ1v) is 10.8. The molecule has 28 heavy (non-hydrogen) atoms. The molecule has 2 aromatic rings. The summed E-state index contributed by atoms with van der Waals surface area (Å²) < 4.78 is 0. The summed E-state index contributed by atoms with van der Waals surface area (Å²) in [7, 11) is 2.03. The van der Waals surface area contributed by atoms with E-state index in [4.69, 9.17) is 9.97 Å².